The molecule has 0 fully saturated rings. The molecule has 0 aromatic heterocycles. The zero-order valence-corrected chi connectivity index (χ0v) is 10.3. The summed E-state index contributed by atoms with van der Waals surface area (Å²) in [5.74, 6) is -0.413. The number of rotatable bonds is 2. The van der Waals surface area contributed by atoms with Gasteiger partial charge in [-0.05, 0) is 28.8 Å². The highest BCUT2D eigenvalue weighted by atomic mass is 16.1. The number of nitrogens with zero attached hydrogens (tertiary/aromatic N) is 1. The van der Waals surface area contributed by atoms with E-state index in [1.165, 1.54) is 5.56 Å². The summed E-state index contributed by atoms with van der Waals surface area (Å²) in [5.41, 5.74) is 13.0. The van der Waals surface area contributed by atoms with Gasteiger partial charge in [-0.3, -0.25) is 4.79 Å². The first-order chi connectivity index (χ1) is 9.25. The number of carbonyl (C=O) groups is 1. The number of fused-ring (bicyclic) bond motifs is 1. The molecular weight excluding hydrogens is 238 g/mol. The minimum absolute atomic E-state index is 0.413. The standard InChI is InChI=1S/C15H13N3O/c16-15(19)14-4-2-1-3-13(14)10-5-6-11-8-17-18-9-12(11)7-10/h1-7,9,17H,8H2,(H2,16,19). The Morgan fingerprint density at radius 2 is 2.05 bits per heavy atom. The molecule has 3 rings (SSSR count). The molecule has 4 heteroatoms. The van der Waals surface area contributed by atoms with Crippen LogP contribution in [0.4, 0.5) is 0 Å². The molecule has 0 bridgehead atoms. The maximum Gasteiger partial charge on any atom is 0.249 e. The highest BCUT2D eigenvalue weighted by Crippen LogP contribution is 2.26. The third kappa shape index (κ3) is 2.08. The van der Waals surface area contributed by atoms with Gasteiger partial charge in [0, 0.05) is 11.1 Å². The largest absolute Gasteiger partial charge is 0.366 e. The summed E-state index contributed by atoms with van der Waals surface area (Å²) in [7, 11) is 0. The zero-order chi connectivity index (χ0) is 13.2. The Morgan fingerprint density at radius 3 is 2.89 bits per heavy atom. The van der Waals surface area contributed by atoms with Crippen LogP contribution in [-0.2, 0) is 6.54 Å². The zero-order valence-electron chi connectivity index (χ0n) is 10.3. The number of hydrogen-bond acceptors (Lipinski definition) is 3. The van der Waals surface area contributed by atoms with Crippen molar-refractivity contribution < 1.29 is 4.79 Å². The quantitative estimate of drug-likeness (QED) is 0.855. The van der Waals surface area contributed by atoms with Crippen LogP contribution in [0.15, 0.2) is 47.6 Å². The SMILES string of the molecule is NC(=O)c1ccccc1-c1ccc2c(c1)C=NNC2. The molecule has 2 aromatic rings. The van der Waals surface area contributed by atoms with Crippen LogP contribution in [-0.4, -0.2) is 12.1 Å². The fourth-order valence-electron chi connectivity index (χ4n) is 2.24. The second-order valence-corrected chi connectivity index (χ2v) is 4.42. The molecule has 0 unspecified atom stereocenters. The molecule has 0 atom stereocenters. The third-order valence-corrected chi connectivity index (χ3v) is 3.21. The van der Waals surface area contributed by atoms with Gasteiger partial charge in [0.1, 0.15) is 0 Å². The van der Waals surface area contributed by atoms with Gasteiger partial charge in [0.2, 0.25) is 5.91 Å². The number of nitrogens with two attached hydrogens (primary N) is 1. The average molecular weight is 251 g/mol. The first kappa shape index (κ1) is 11.5. The highest BCUT2D eigenvalue weighted by molar-refractivity contribution is 6.00. The van der Waals surface area contributed by atoms with E-state index in [0.717, 1.165) is 23.2 Å². The molecule has 0 aliphatic carbocycles. The molecular formula is C15H13N3O. The van der Waals surface area contributed by atoms with E-state index >= 15 is 0 Å². The smallest absolute Gasteiger partial charge is 0.249 e. The number of carbonyl (C=O) groups excluding carboxylic acids is 1. The molecule has 0 saturated heterocycles. The predicted octanol–water partition coefficient (Wildman–Crippen LogP) is 1.89. The van der Waals surface area contributed by atoms with Crippen molar-refractivity contribution in [3.63, 3.8) is 0 Å². The summed E-state index contributed by atoms with van der Waals surface area (Å²) in [6, 6.07) is 13.4. The molecule has 0 radical (unpaired) electrons. The monoisotopic (exact) mass is 251 g/mol. The molecule has 1 aliphatic rings. The average Bonchev–Trinajstić information content (AvgIpc) is 2.46. The van der Waals surface area contributed by atoms with E-state index in [-0.39, 0.29) is 0 Å². The molecule has 1 heterocycles. The Bertz CT molecular complexity index is 677. The van der Waals surface area contributed by atoms with E-state index in [1.807, 2.05) is 36.4 Å². The summed E-state index contributed by atoms with van der Waals surface area (Å²) in [5, 5.41) is 4.04. The van der Waals surface area contributed by atoms with E-state index < -0.39 is 5.91 Å². The summed E-state index contributed by atoms with van der Waals surface area (Å²) < 4.78 is 0. The van der Waals surface area contributed by atoms with E-state index in [1.54, 1.807) is 12.3 Å². The van der Waals surface area contributed by atoms with E-state index in [2.05, 4.69) is 10.5 Å². The second kappa shape index (κ2) is 4.57. The third-order valence-electron chi connectivity index (χ3n) is 3.21. The van der Waals surface area contributed by atoms with Crippen LogP contribution in [0, 0.1) is 0 Å². The fourth-order valence-corrected chi connectivity index (χ4v) is 2.24. The first-order valence-corrected chi connectivity index (χ1v) is 6.04. The molecule has 94 valence electrons. The Morgan fingerprint density at radius 1 is 1.21 bits per heavy atom. The normalized spacial score (nSPS) is 12.6. The number of amides is 1. The molecule has 19 heavy (non-hydrogen) atoms. The number of hydrogen-bond donors (Lipinski definition) is 2. The van der Waals surface area contributed by atoms with Crippen LogP contribution >= 0.6 is 0 Å². The van der Waals surface area contributed by atoms with Crippen molar-refractivity contribution in [3.8, 4) is 11.1 Å². The Balaban J connectivity index is 2.13. The molecule has 1 amide bonds. The van der Waals surface area contributed by atoms with Crippen molar-refractivity contribution in [1.82, 2.24) is 5.43 Å². The number of primary amides is 1. The highest BCUT2D eigenvalue weighted by Gasteiger charge is 2.11. The Hall–Kier alpha value is -2.62. The number of benzene rings is 2. The van der Waals surface area contributed by atoms with Crippen molar-refractivity contribution in [2.45, 2.75) is 6.54 Å². The predicted molar refractivity (Wildman–Crippen MR) is 74.8 cm³/mol. The van der Waals surface area contributed by atoms with Crippen molar-refractivity contribution in [1.29, 1.82) is 0 Å². The van der Waals surface area contributed by atoms with Crippen molar-refractivity contribution in [2.75, 3.05) is 0 Å². The van der Waals surface area contributed by atoms with E-state index in [0.29, 0.717) is 5.56 Å². The fraction of sp³-hybridized carbons (Fsp3) is 0.0667. The maximum absolute atomic E-state index is 11.5. The lowest BCUT2D eigenvalue weighted by molar-refractivity contribution is 0.100. The molecule has 2 aromatic carbocycles. The lowest BCUT2D eigenvalue weighted by Crippen LogP contribution is -2.14. The summed E-state index contributed by atoms with van der Waals surface area (Å²) in [6.07, 6.45) is 1.79. The molecule has 1 aliphatic heterocycles. The van der Waals surface area contributed by atoms with E-state index in [4.69, 9.17) is 5.73 Å². The first-order valence-electron chi connectivity index (χ1n) is 6.04. The van der Waals surface area contributed by atoms with Gasteiger partial charge < -0.3 is 11.2 Å². The van der Waals surface area contributed by atoms with Gasteiger partial charge in [-0.25, -0.2) is 0 Å². The number of hydrazone groups is 1. The lowest BCUT2D eigenvalue weighted by atomic mass is 9.95. The molecule has 3 N–H and O–H groups in total. The van der Waals surface area contributed by atoms with Gasteiger partial charge in [-0.15, -0.1) is 0 Å². The van der Waals surface area contributed by atoms with E-state index in [9.17, 15) is 4.79 Å². The molecule has 0 saturated carbocycles. The van der Waals surface area contributed by atoms with Crippen molar-refractivity contribution in [2.24, 2.45) is 10.8 Å². The van der Waals surface area contributed by atoms with Gasteiger partial charge in [0.05, 0.1) is 12.8 Å². The summed E-state index contributed by atoms with van der Waals surface area (Å²) >= 11 is 0. The van der Waals surface area contributed by atoms with Crippen LogP contribution in [0.3, 0.4) is 0 Å². The minimum atomic E-state index is -0.413. The van der Waals surface area contributed by atoms with Gasteiger partial charge in [-0.1, -0.05) is 30.3 Å². The lowest BCUT2D eigenvalue weighted by Gasteiger charge is -2.13. The van der Waals surface area contributed by atoms with Crippen LogP contribution in [0.1, 0.15) is 21.5 Å². The van der Waals surface area contributed by atoms with Gasteiger partial charge >= 0.3 is 0 Å². The van der Waals surface area contributed by atoms with Gasteiger partial charge in [0.25, 0.3) is 0 Å². The maximum atomic E-state index is 11.5. The molecule has 0 spiro atoms. The second-order valence-electron chi connectivity index (χ2n) is 4.42. The van der Waals surface area contributed by atoms with Crippen LogP contribution < -0.4 is 11.2 Å². The summed E-state index contributed by atoms with van der Waals surface area (Å²) in [6.45, 7) is 0.726. The minimum Gasteiger partial charge on any atom is -0.366 e. The summed E-state index contributed by atoms with van der Waals surface area (Å²) in [4.78, 5) is 11.5. The van der Waals surface area contributed by atoms with Crippen LogP contribution in [0.5, 0.6) is 0 Å². The Labute approximate surface area is 110 Å². The van der Waals surface area contributed by atoms with Crippen molar-refractivity contribution in [3.05, 3.63) is 59.2 Å². The van der Waals surface area contributed by atoms with Gasteiger partial charge in [-0.2, -0.15) is 5.10 Å². The van der Waals surface area contributed by atoms with Crippen molar-refractivity contribution >= 4 is 12.1 Å². The van der Waals surface area contributed by atoms with Crippen LogP contribution in [0.25, 0.3) is 11.1 Å². The Kier molecular flexibility index (Phi) is 2.76. The molecule has 4 nitrogen and oxygen atoms in total. The van der Waals surface area contributed by atoms with Crippen LogP contribution in [0.2, 0.25) is 0 Å². The number of nitrogens with one attached hydrogen (secondary N) is 1. The van der Waals surface area contributed by atoms with Gasteiger partial charge in [0.15, 0.2) is 0 Å². The topological polar surface area (TPSA) is 67.5 Å².